The van der Waals surface area contributed by atoms with Crippen molar-refractivity contribution >= 4 is 18.3 Å². The van der Waals surface area contributed by atoms with Gasteiger partial charge in [0.25, 0.3) is 0 Å². The number of hydrogen-bond acceptors (Lipinski definition) is 2. The van der Waals surface area contributed by atoms with Crippen molar-refractivity contribution in [2.75, 3.05) is 19.6 Å². The van der Waals surface area contributed by atoms with Crippen molar-refractivity contribution < 1.29 is 4.79 Å². The summed E-state index contributed by atoms with van der Waals surface area (Å²) >= 11 is 0. The third-order valence-corrected chi connectivity index (χ3v) is 4.81. The maximum absolute atomic E-state index is 12.4. The van der Waals surface area contributed by atoms with E-state index in [1.807, 2.05) is 0 Å². The minimum Gasteiger partial charge on any atom is -0.340 e. The lowest BCUT2D eigenvalue weighted by molar-refractivity contribution is -0.135. The first-order valence-electron chi connectivity index (χ1n) is 7.68. The highest BCUT2D eigenvalue weighted by molar-refractivity contribution is 5.85. The maximum Gasteiger partial charge on any atom is 0.223 e. The van der Waals surface area contributed by atoms with E-state index in [-0.39, 0.29) is 12.4 Å². The largest absolute Gasteiger partial charge is 0.340 e. The average Bonchev–Trinajstić information content (AvgIpc) is 2.40. The van der Waals surface area contributed by atoms with Gasteiger partial charge in [-0.25, -0.2) is 0 Å². The topological polar surface area (TPSA) is 32.3 Å². The summed E-state index contributed by atoms with van der Waals surface area (Å²) in [7, 11) is 0. The van der Waals surface area contributed by atoms with Crippen LogP contribution in [0.4, 0.5) is 0 Å². The van der Waals surface area contributed by atoms with Gasteiger partial charge in [-0.15, -0.1) is 12.4 Å². The summed E-state index contributed by atoms with van der Waals surface area (Å²) in [6.07, 6.45) is 6.91. The molecular formula is C15H29ClN2O. The van der Waals surface area contributed by atoms with Gasteiger partial charge in [0.15, 0.2) is 0 Å². The molecule has 2 rings (SSSR count). The third-order valence-electron chi connectivity index (χ3n) is 4.81. The second kappa shape index (κ2) is 8.11. The Balaban J connectivity index is 0.00000180. The molecule has 3 nitrogen and oxygen atoms in total. The number of nitrogens with zero attached hydrogens (tertiary/aromatic N) is 1. The Morgan fingerprint density at radius 3 is 2.58 bits per heavy atom. The number of hydrogen-bond donors (Lipinski definition) is 1. The second-order valence-electron chi connectivity index (χ2n) is 6.20. The van der Waals surface area contributed by atoms with Crippen molar-refractivity contribution in [1.29, 1.82) is 0 Å². The van der Waals surface area contributed by atoms with Crippen molar-refractivity contribution in [1.82, 2.24) is 10.2 Å². The molecule has 1 N–H and O–H groups in total. The number of piperidine rings is 2. The highest BCUT2D eigenvalue weighted by Gasteiger charge is 2.27. The molecular weight excluding hydrogens is 260 g/mol. The van der Waals surface area contributed by atoms with E-state index in [9.17, 15) is 4.79 Å². The van der Waals surface area contributed by atoms with Gasteiger partial charge < -0.3 is 10.2 Å². The molecule has 4 heteroatoms. The molecule has 2 heterocycles. The molecule has 2 aliphatic rings. The lowest BCUT2D eigenvalue weighted by atomic mass is 9.83. The number of rotatable bonds is 3. The molecule has 0 aromatic carbocycles. The maximum atomic E-state index is 12.4. The summed E-state index contributed by atoms with van der Waals surface area (Å²) in [4.78, 5) is 14.5. The van der Waals surface area contributed by atoms with E-state index in [0.717, 1.165) is 32.0 Å². The fourth-order valence-corrected chi connectivity index (χ4v) is 3.44. The molecule has 0 spiro atoms. The van der Waals surface area contributed by atoms with Gasteiger partial charge in [-0.1, -0.05) is 6.92 Å². The number of carbonyl (C=O) groups excluding carboxylic acids is 1. The molecule has 2 saturated heterocycles. The molecule has 0 aromatic heterocycles. The zero-order chi connectivity index (χ0) is 13.0. The van der Waals surface area contributed by atoms with Gasteiger partial charge in [-0.2, -0.15) is 0 Å². The Hall–Kier alpha value is -0.280. The minimum atomic E-state index is 0. The fourth-order valence-electron chi connectivity index (χ4n) is 3.44. The molecule has 2 fully saturated rings. The molecule has 0 saturated carbocycles. The fraction of sp³-hybridized carbons (Fsp3) is 0.933. The molecule has 2 atom stereocenters. The summed E-state index contributed by atoms with van der Waals surface area (Å²) in [5.41, 5.74) is 0. The van der Waals surface area contributed by atoms with Gasteiger partial charge in [-0.05, 0) is 64.0 Å². The Labute approximate surface area is 123 Å². The molecule has 0 aliphatic carbocycles. The van der Waals surface area contributed by atoms with Crippen molar-refractivity contribution in [3.63, 3.8) is 0 Å². The summed E-state index contributed by atoms with van der Waals surface area (Å²) in [6, 6.07) is 0.464. The van der Waals surface area contributed by atoms with E-state index < -0.39 is 0 Å². The van der Waals surface area contributed by atoms with E-state index in [1.54, 1.807) is 0 Å². The van der Waals surface area contributed by atoms with Crippen LogP contribution in [0.25, 0.3) is 0 Å². The highest BCUT2D eigenvalue weighted by atomic mass is 35.5. The van der Waals surface area contributed by atoms with Crippen molar-refractivity contribution in [3.05, 3.63) is 0 Å². The van der Waals surface area contributed by atoms with Crippen molar-refractivity contribution in [2.24, 2.45) is 11.8 Å². The predicted octanol–water partition coefficient (Wildman–Crippen LogP) is 2.84. The molecule has 0 aromatic rings. The molecule has 1 amide bonds. The number of halogens is 1. The van der Waals surface area contributed by atoms with E-state index in [4.69, 9.17) is 0 Å². The number of carbonyl (C=O) groups is 1. The summed E-state index contributed by atoms with van der Waals surface area (Å²) in [6.45, 7) is 7.71. The lowest BCUT2D eigenvalue weighted by Crippen LogP contribution is -2.43. The van der Waals surface area contributed by atoms with Crippen LogP contribution in [-0.2, 0) is 4.79 Å². The number of amides is 1. The van der Waals surface area contributed by atoms with Crippen LogP contribution >= 0.6 is 12.4 Å². The zero-order valence-electron chi connectivity index (χ0n) is 12.4. The van der Waals surface area contributed by atoms with Crippen LogP contribution in [-0.4, -0.2) is 36.5 Å². The van der Waals surface area contributed by atoms with Crippen LogP contribution in [0.2, 0.25) is 0 Å². The van der Waals surface area contributed by atoms with Crippen LogP contribution in [0, 0.1) is 11.8 Å². The predicted molar refractivity (Wildman–Crippen MR) is 81.6 cm³/mol. The van der Waals surface area contributed by atoms with E-state index >= 15 is 0 Å². The highest BCUT2D eigenvalue weighted by Crippen LogP contribution is 2.26. The van der Waals surface area contributed by atoms with Gasteiger partial charge in [0.1, 0.15) is 0 Å². The van der Waals surface area contributed by atoms with Crippen LogP contribution < -0.4 is 5.32 Å². The third kappa shape index (κ3) is 4.64. The Morgan fingerprint density at radius 2 is 1.95 bits per heavy atom. The molecule has 0 bridgehead atoms. The molecule has 2 aliphatic heterocycles. The number of likely N-dealkylation sites (tertiary alicyclic amines) is 1. The van der Waals surface area contributed by atoms with E-state index in [2.05, 4.69) is 24.1 Å². The van der Waals surface area contributed by atoms with Gasteiger partial charge in [0.2, 0.25) is 5.91 Å². The van der Waals surface area contributed by atoms with Crippen LogP contribution in [0.15, 0.2) is 0 Å². The standard InChI is InChI=1S/C15H28N2O.ClH/c1-12(14-6-8-16-9-7-14)11-15(18)17-10-4-3-5-13(17)2;/h12-14,16H,3-11H2,1-2H3;1H. The first kappa shape index (κ1) is 16.8. The molecule has 19 heavy (non-hydrogen) atoms. The smallest absolute Gasteiger partial charge is 0.223 e. The Morgan fingerprint density at radius 1 is 1.26 bits per heavy atom. The monoisotopic (exact) mass is 288 g/mol. The van der Waals surface area contributed by atoms with Crippen LogP contribution in [0.3, 0.4) is 0 Å². The van der Waals surface area contributed by atoms with Gasteiger partial charge >= 0.3 is 0 Å². The first-order valence-corrected chi connectivity index (χ1v) is 7.68. The minimum absolute atomic E-state index is 0. The first-order chi connectivity index (χ1) is 8.68. The quantitative estimate of drug-likeness (QED) is 0.866. The normalized spacial score (nSPS) is 26.6. The Kier molecular flexibility index (Phi) is 7.16. The average molecular weight is 289 g/mol. The van der Waals surface area contributed by atoms with E-state index in [0.29, 0.717) is 17.9 Å². The Bertz CT molecular complexity index is 279. The van der Waals surface area contributed by atoms with Crippen LogP contribution in [0.5, 0.6) is 0 Å². The summed E-state index contributed by atoms with van der Waals surface area (Å²) < 4.78 is 0. The summed E-state index contributed by atoms with van der Waals surface area (Å²) in [5.74, 6) is 1.69. The van der Waals surface area contributed by atoms with Crippen molar-refractivity contribution in [3.8, 4) is 0 Å². The second-order valence-corrected chi connectivity index (χ2v) is 6.20. The zero-order valence-corrected chi connectivity index (χ0v) is 13.2. The van der Waals surface area contributed by atoms with Gasteiger partial charge in [0.05, 0.1) is 0 Å². The van der Waals surface area contributed by atoms with Crippen LogP contribution in [0.1, 0.15) is 52.4 Å². The van der Waals surface area contributed by atoms with Gasteiger partial charge in [0, 0.05) is 19.0 Å². The van der Waals surface area contributed by atoms with Gasteiger partial charge in [-0.3, -0.25) is 4.79 Å². The molecule has 112 valence electrons. The molecule has 2 unspecified atom stereocenters. The lowest BCUT2D eigenvalue weighted by Gasteiger charge is -2.35. The molecule has 0 radical (unpaired) electrons. The SMILES string of the molecule is CC(CC(=O)N1CCCCC1C)C1CCNCC1.Cl. The van der Waals surface area contributed by atoms with E-state index in [1.165, 1.54) is 32.1 Å². The number of nitrogens with one attached hydrogen (secondary N) is 1. The van der Waals surface area contributed by atoms with Crippen molar-refractivity contribution in [2.45, 2.75) is 58.4 Å². The summed E-state index contributed by atoms with van der Waals surface area (Å²) in [5, 5.41) is 3.40.